The number of rotatable bonds is 8. The number of phenolic OH excluding ortho intramolecular Hbond substituents is 2. The van der Waals surface area contributed by atoms with Gasteiger partial charge in [0.05, 0.1) is 0 Å². The van der Waals surface area contributed by atoms with Crippen LogP contribution in [-0.4, -0.2) is 71.3 Å². The zero-order chi connectivity index (χ0) is 30.9. The van der Waals surface area contributed by atoms with Crippen molar-refractivity contribution >= 4 is 45.8 Å². The van der Waals surface area contributed by atoms with Gasteiger partial charge in [0.15, 0.2) is 23.5 Å². The monoisotopic (exact) mass is 593 g/mol. The number of hydrogen-bond acceptors (Lipinski definition) is 15. The molecule has 1 aromatic carbocycles. The van der Waals surface area contributed by atoms with E-state index in [0.29, 0.717) is 0 Å². The van der Waals surface area contributed by atoms with Crippen LogP contribution in [0.15, 0.2) is 25.8 Å². The number of carbonyl (C=O) groups excluding carboxylic acids is 4. The maximum atomic E-state index is 12.6. The molecule has 4 rings (SSSR count). The normalized spacial score (nSPS) is 22.0. The van der Waals surface area contributed by atoms with E-state index in [1.807, 2.05) is 0 Å². The molecule has 16 heteroatoms. The van der Waals surface area contributed by atoms with Gasteiger partial charge in [0.1, 0.15) is 35.5 Å². The van der Waals surface area contributed by atoms with Crippen molar-refractivity contribution in [3.8, 4) is 17.2 Å². The van der Waals surface area contributed by atoms with E-state index >= 15 is 0 Å². The second-order valence-electron chi connectivity index (χ2n) is 9.34. The van der Waals surface area contributed by atoms with Crippen LogP contribution in [0.4, 0.5) is 0 Å². The minimum Gasteiger partial charge on any atom is -0.504 e. The topological polar surface area (TPSA) is 219 Å². The lowest BCUT2D eigenvalue weighted by Gasteiger charge is -2.44. The van der Waals surface area contributed by atoms with E-state index in [9.17, 15) is 34.2 Å². The predicted molar refractivity (Wildman–Crippen MR) is 136 cm³/mol. The highest BCUT2D eigenvalue weighted by molar-refractivity contribution is 6.08. The molecule has 0 radical (unpaired) electrons. The molecule has 3 heterocycles. The molecule has 3 N–H and O–H groups in total. The zero-order valence-electron chi connectivity index (χ0n) is 23.0. The Kier molecular flexibility index (Phi) is 8.58. The molecule has 42 heavy (non-hydrogen) atoms. The SMILES string of the molecule is CC(=O)N[C@H]1C(Oc2c(O)c(O)cc3c2oc2cc(C)oc(=O)c23)O[C@H](COC(C)=O)[C@@H](OOC(C)=O)[C@@H]1OC(C)=O. The number of nitrogens with one attached hydrogen (secondary N) is 1. The Labute approximate surface area is 235 Å². The average Bonchev–Trinajstić information content (AvgIpc) is 3.23. The van der Waals surface area contributed by atoms with Gasteiger partial charge in [-0.15, -0.1) is 0 Å². The molecule has 1 saturated heterocycles. The van der Waals surface area contributed by atoms with Gasteiger partial charge in [-0.3, -0.25) is 19.3 Å². The fraction of sp³-hybridized carbons (Fsp3) is 0.423. The highest BCUT2D eigenvalue weighted by Crippen LogP contribution is 2.46. The quantitative estimate of drug-likeness (QED) is 0.145. The van der Waals surface area contributed by atoms with Crippen molar-refractivity contribution in [3.05, 3.63) is 28.3 Å². The van der Waals surface area contributed by atoms with Crippen molar-refractivity contribution in [2.75, 3.05) is 6.61 Å². The van der Waals surface area contributed by atoms with Crippen molar-refractivity contribution in [3.63, 3.8) is 0 Å². The summed E-state index contributed by atoms with van der Waals surface area (Å²) >= 11 is 0. The van der Waals surface area contributed by atoms with E-state index in [-0.39, 0.29) is 27.7 Å². The lowest BCUT2D eigenvalue weighted by Crippen LogP contribution is -2.67. The molecule has 1 aliphatic heterocycles. The van der Waals surface area contributed by atoms with Gasteiger partial charge >= 0.3 is 23.5 Å². The number of esters is 2. The third-order valence-electron chi connectivity index (χ3n) is 5.99. The molecule has 3 aromatic rings. The summed E-state index contributed by atoms with van der Waals surface area (Å²) in [6.45, 7) is 5.34. The summed E-state index contributed by atoms with van der Waals surface area (Å²) in [7, 11) is 0. The number of amides is 1. The summed E-state index contributed by atoms with van der Waals surface area (Å²) in [4.78, 5) is 69.8. The van der Waals surface area contributed by atoms with E-state index in [0.717, 1.165) is 33.8 Å². The molecule has 226 valence electrons. The van der Waals surface area contributed by atoms with Crippen LogP contribution in [0.1, 0.15) is 33.5 Å². The van der Waals surface area contributed by atoms with E-state index in [1.54, 1.807) is 0 Å². The molecule has 1 unspecified atom stereocenters. The lowest BCUT2D eigenvalue weighted by atomic mass is 9.96. The average molecular weight is 593 g/mol. The summed E-state index contributed by atoms with van der Waals surface area (Å²) in [5, 5.41) is 23.7. The van der Waals surface area contributed by atoms with Crippen LogP contribution in [-0.2, 0) is 43.2 Å². The molecule has 1 aliphatic rings. The van der Waals surface area contributed by atoms with E-state index in [1.165, 1.54) is 13.0 Å². The standard InChI is InChI=1S/C26H27NO15/c1-9-6-16-18(25(34)36-9)14-7-15(32)20(33)24(21(14)38-16)40-26-19(27-10(2)28)23(37-12(4)30)22(42-41-13(5)31)17(39-26)8-35-11(3)29/h6-7,17,19,22-23,26,32-33H,8H2,1-5H3,(H,27,28)/t17-,19-,22-,23-,26?/m1/s1. The maximum Gasteiger partial charge on any atom is 0.347 e. The van der Waals surface area contributed by atoms with Crippen molar-refractivity contribution in [1.29, 1.82) is 0 Å². The van der Waals surface area contributed by atoms with E-state index < -0.39 is 83.9 Å². The van der Waals surface area contributed by atoms with Crippen LogP contribution >= 0.6 is 0 Å². The molecule has 16 nitrogen and oxygen atoms in total. The Balaban J connectivity index is 1.86. The van der Waals surface area contributed by atoms with Gasteiger partial charge in [0.25, 0.3) is 0 Å². The summed E-state index contributed by atoms with van der Waals surface area (Å²) in [6.07, 6.45) is -5.98. The molecule has 1 amide bonds. The number of fused-ring (bicyclic) bond motifs is 3. The minimum absolute atomic E-state index is 0.0139. The molecular formula is C26H27NO15. The molecule has 2 aromatic heterocycles. The van der Waals surface area contributed by atoms with Crippen molar-refractivity contribution in [2.24, 2.45) is 0 Å². The number of carbonyl (C=O) groups is 4. The Bertz CT molecular complexity index is 1600. The number of aromatic hydroxyl groups is 2. The summed E-state index contributed by atoms with van der Waals surface area (Å²) in [5.74, 6) is -4.94. The third-order valence-corrected chi connectivity index (χ3v) is 5.99. The first-order valence-corrected chi connectivity index (χ1v) is 12.4. The van der Waals surface area contributed by atoms with E-state index in [2.05, 4.69) is 10.2 Å². The fourth-order valence-electron chi connectivity index (χ4n) is 4.44. The van der Waals surface area contributed by atoms with Gasteiger partial charge in [-0.1, -0.05) is 0 Å². The maximum absolute atomic E-state index is 12.6. The first kappa shape index (κ1) is 30.1. The van der Waals surface area contributed by atoms with Crippen LogP contribution in [0, 0.1) is 6.92 Å². The Morgan fingerprint density at radius 3 is 2.31 bits per heavy atom. The molecule has 0 spiro atoms. The third kappa shape index (κ3) is 6.23. The number of aryl methyl sites for hydroxylation is 1. The van der Waals surface area contributed by atoms with Crippen LogP contribution in [0.5, 0.6) is 17.2 Å². The summed E-state index contributed by atoms with van der Waals surface area (Å²) < 4.78 is 33.3. The fourth-order valence-corrected chi connectivity index (χ4v) is 4.44. The van der Waals surface area contributed by atoms with Crippen LogP contribution in [0.2, 0.25) is 0 Å². The molecule has 5 atom stereocenters. The smallest absolute Gasteiger partial charge is 0.347 e. The second kappa shape index (κ2) is 12.0. The number of hydrogen-bond donors (Lipinski definition) is 3. The molecule has 0 bridgehead atoms. The minimum atomic E-state index is -1.67. The second-order valence-corrected chi connectivity index (χ2v) is 9.34. The predicted octanol–water partition coefficient (Wildman–Crippen LogP) is 1.23. The first-order valence-electron chi connectivity index (χ1n) is 12.4. The van der Waals surface area contributed by atoms with Gasteiger partial charge in [-0.25, -0.2) is 9.59 Å². The zero-order valence-corrected chi connectivity index (χ0v) is 23.0. The Morgan fingerprint density at radius 2 is 1.69 bits per heavy atom. The van der Waals surface area contributed by atoms with Crippen molar-refractivity contribution in [2.45, 2.75) is 65.3 Å². The van der Waals surface area contributed by atoms with E-state index in [4.69, 9.17) is 32.7 Å². The Morgan fingerprint density at radius 1 is 0.976 bits per heavy atom. The van der Waals surface area contributed by atoms with Crippen LogP contribution < -0.4 is 15.7 Å². The van der Waals surface area contributed by atoms with Gasteiger partial charge in [-0.05, 0) is 13.0 Å². The highest BCUT2D eigenvalue weighted by Gasteiger charge is 2.52. The van der Waals surface area contributed by atoms with Gasteiger partial charge in [0.2, 0.25) is 23.7 Å². The lowest BCUT2D eigenvalue weighted by molar-refractivity contribution is -0.358. The highest BCUT2D eigenvalue weighted by atomic mass is 17.2. The largest absolute Gasteiger partial charge is 0.504 e. The summed E-state index contributed by atoms with van der Waals surface area (Å²) in [5.41, 5.74) is -0.939. The number of benzene rings is 1. The number of furan rings is 1. The molecule has 0 aliphatic carbocycles. The van der Waals surface area contributed by atoms with Gasteiger partial charge in [0, 0.05) is 39.1 Å². The van der Waals surface area contributed by atoms with Crippen LogP contribution in [0.3, 0.4) is 0 Å². The molecular weight excluding hydrogens is 566 g/mol. The summed E-state index contributed by atoms with van der Waals surface area (Å²) in [6, 6.07) is 1.06. The first-order chi connectivity index (χ1) is 19.8. The van der Waals surface area contributed by atoms with Gasteiger partial charge < -0.3 is 43.3 Å². The Hall–Kier alpha value is -4.83. The molecule has 0 saturated carbocycles. The van der Waals surface area contributed by atoms with Crippen LogP contribution in [0.25, 0.3) is 21.9 Å². The number of ether oxygens (including phenoxy) is 4. The van der Waals surface area contributed by atoms with Crippen molar-refractivity contribution < 1.29 is 66.9 Å². The van der Waals surface area contributed by atoms with Gasteiger partial charge in [-0.2, -0.15) is 4.89 Å². The molecule has 1 fully saturated rings. The van der Waals surface area contributed by atoms with Crippen molar-refractivity contribution in [1.82, 2.24) is 5.32 Å². The number of phenols is 2.